The van der Waals surface area contributed by atoms with Gasteiger partial charge in [0.25, 0.3) is 5.91 Å². The van der Waals surface area contributed by atoms with Crippen LogP contribution in [0.25, 0.3) is 11.0 Å². The number of nitrogens with zero attached hydrogens (tertiary/aromatic N) is 5. The van der Waals surface area contributed by atoms with Crippen LogP contribution in [-0.4, -0.2) is 77.5 Å². The van der Waals surface area contributed by atoms with Crippen molar-refractivity contribution < 1.29 is 13.9 Å². The molecule has 1 aliphatic heterocycles. The highest BCUT2D eigenvalue weighted by Gasteiger charge is 2.29. The van der Waals surface area contributed by atoms with Crippen molar-refractivity contribution in [3.05, 3.63) is 35.3 Å². The summed E-state index contributed by atoms with van der Waals surface area (Å²) < 4.78 is 20.5. The first-order valence-electron chi connectivity index (χ1n) is 10.5. The molecule has 2 aromatic heterocycles. The zero-order valence-corrected chi connectivity index (χ0v) is 18.9. The number of amides is 1. The van der Waals surface area contributed by atoms with Gasteiger partial charge in [0.05, 0.1) is 29.3 Å². The molecule has 1 aromatic carbocycles. The van der Waals surface area contributed by atoms with Crippen molar-refractivity contribution in [2.75, 3.05) is 51.5 Å². The molecule has 0 bridgehead atoms. The van der Waals surface area contributed by atoms with Crippen molar-refractivity contribution in [2.45, 2.75) is 13.0 Å². The van der Waals surface area contributed by atoms with E-state index in [2.05, 4.69) is 36.6 Å². The maximum atomic E-state index is 15.1. The number of aromatic nitrogens is 3. The van der Waals surface area contributed by atoms with E-state index in [9.17, 15) is 10.1 Å². The first kappa shape index (κ1) is 22.3. The number of ether oxygens (including phenoxy) is 1. The van der Waals surface area contributed by atoms with Crippen LogP contribution >= 0.6 is 0 Å². The Morgan fingerprint density at radius 1 is 1.36 bits per heavy atom. The van der Waals surface area contributed by atoms with Gasteiger partial charge in [-0.1, -0.05) is 0 Å². The standard InChI is InChI=1S/C22H25FN8O2/c1-12-11-30(3)5-6-31(12)21(32)14-7-17(33-4)16(8-15(14)23)27-22-28-19(25-2)18-13(9-24)10-26-20(18)29-22/h7-8,10,12H,5-6,11H2,1-4H3,(H3,25,26,27,28,29)/t12-/m1/s1. The van der Waals surface area contributed by atoms with Gasteiger partial charge in [0.2, 0.25) is 5.95 Å². The fourth-order valence-electron chi connectivity index (χ4n) is 4.06. The molecule has 4 rings (SSSR count). The second kappa shape index (κ2) is 8.91. The van der Waals surface area contributed by atoms with Crippen LogP contribution in [0.5, 0.6) is 5.75 Å². The minimum absolute atomic E-state index is 0.0290. The van der Waals surface area contributed by atoms with Gasteiger partial charge in [0, 0.05) is 45.0 Å². The van der Waals surface area contributed by atoms with Gasteiger partial charge in [-0.05, 0) is 20.0 Å². The highest BCUT2D eigenvalue weighted by Crippen LogP contribution is 2.32. The largest absolute Gasteiger partial charge is 0.495 e. The zero-order chi connectivity index (χ0) is 23.7. The maximum absolute atomic E-state index is 15.1. The average Bonchev–Trinajstić information content (AvgIpc) is 3.21. The molecular weight excluding hydrogens is 427 g/mol. The Bertz CT molecular complexity index is 1250. The lowest BCUT2D eigenvalue weighted by Gasteiger charge is -2.38. The molecule has 0 unspecified atom stereocenters. The number of benzene rings is 1. The topological polar surface area (TPSA) is 122 Å². The SMILES string of the molecule is CNc1nc(Nc2cc(F)c(C(=O)N3CCN(C)C[C@H]3C)cc2OC)nc2[nH]cc(C#N)c12. The summed E-state index contributed by atoms with van der Waals surface area (Å²) in [7, 11) is 5.12. The molecule has 0 aliphatic carbocycles. The highest BCUT2D eigenvalue weighted by atomic mass is 19.1. The molecule has 3 aromatic rings. The van der Waals surface area contributed by atoms with E-state index in [0.717, 1.165) is 13.1 Å². The number of piperazine rings is 1. The molecule has 33 heavy (non-hydrogen) atoms. The van der Waals surface area contributed by atoms with E-state index in [1.54, 1.807) is 18.1 Å². The number of halogens is 1. The number of carbonyl (C=O) groups excluding carboxylic acids is 1. The van der Waals surface area contributed by atoms with Gasteiger partial charge in [0.15, 0.2) is 0 Å². The van der Waals surface area contributed by atoms with Crippen LogP contribution in [0.1, 0.15) is 22.8 Å². The van der Waals surface area contributed by atoms with Gasteiger partial charge in [-0.3, -0.25) is 4.79 Å². The Labute approximate surface area is 190 Å². The van der Waals surface area contributed by atoms with Crippen molar-refractivity contribution >= 4 is 34.4 Å². The highest BCUT2D eigenvalue weighted by molar-refractivity contribution is 5.96. The molecule has 172 valence electrons. The van der Waals surface area contributed by atoms with E-state index in [0.29, 0.717) is 29.0 Å². The van der Waals surface area contributed by atoms with Crippen molar-refractivity contribution in [2.24, 2.45) is 0 Å². The van der Waals surface area contributed by atoms with Crippen molar-refractivity contribution in [1.29, 1.82) is 5.26 Å². The number of fused-ring (bicyclic) bond motifs is 1. The quantitative estimate of drug-likeness (QED) is 0.540. The van der Waals surface area contributed by atoms with Gasteiger partial charge in [-0.15, -0.1) is 0 Å². The van der Waals surface area contributed by atoms with Crippen LogP contribution in [0.4, 0.5) is 21.8 Å². The molecule has 0 radical (unpaired) electrons. The van der Waals surface area contributed by atoms with Crippen LogP contribution in [-0.2, 0) is 0 Å². The number of nitrogens with one attached hydrogen (secondary N) is 3. The average molecular weight is 452 g/mol. The van der Waals surface area contributed by atoms with E-state index in [1.165, 1.54) is 19.2 Å². The molecule has 10 nitrogen and oxygen atoms in total. The molecule has 3 N–H and O–H groups in total. The van der Waals surface area contributed by atoms with Crippen LogP contribution in [0, 0.1) is 17.1 Å². The predicted octanol–water partition coefficient (Wildman–Crippen LogP) is 2.54. The lowest BCUT2D eigenvalue weighted by Crippen LogP contribution is -2.52. The van der Waals surface area contributed by atoms with Crippen LogP contribution in [0.2, 0.25) is 0 Å². The van der Waals surface area contributed by atoms with Gasteiger partial charge < -0.3 is 30.2 Å². The monoisotopic (exact) mass is 452 g/mol. The van der Waals surface area contributed by atoms with Crippen LogP contribution in [0.3, 0.4) is 0 Å². The second-order valence-corrected chi connectivity index (χ2v) is 7.95. The van der Waals surface area contributed by atoms with E-state index < -0.39 is 5.82 Å². The summed E-state index contributed by atoms with van der Waals surface area (Å²) in [6, 6.07) is 4.66. The Kier molecular flexibility index (Phi) is 6.02. The van der Waals surface area contributed by atoms with Crippen molar-refractivity contribution in [3.63, 3.8) is 0 Å². The van der Waals surface area contributed by atoms with Crippen molar-refractivity contribution in [3.8, 4) is 11.8 Å². The third-order valence-corrected chi connectivity index (χ3v) is 5.75. The Morgan fingerprint density at radius 3 is 2.82 bits per heavy atom. The molecule has 1 amide bonds. The number of hydrogen-bond donors (Lipinski definition) is 3. The molecular formula is C22H25FN8O2. The Morgan fingerprint density at radius 2 is 2.15 bits per heavy atom. The van der Waals surface area contributed by atoms with Crippen molar-refractivity contribution in [1.82, 2.24) is 24.8 Å². The third-order valence-electron chi connectivity index (χ3n) is 5.75. The van der Waals surface area contributed by atoms with Gasteiger partial charge in [-0.2, -0.15) is 15.2 Å². The molecule has 1 aliphatic rings. The normalized spacial score (nSPS) is 16.5. The summed E-state index contributed by atoms with van der Waals surface area (Å²) in [6.07, 6.45) is 1.55. The Hall–Kier alpha value is -3.91. The first-order valence-corrected chi connectivity index (χ1v) is 10.5. The first-order chi connectivity index (χ1) is 15.9. The summed E-state index contributed by atoms with van der Waals surface area (Å²) in [4.78, 5) is 28.6. The molecule has 1 saturated heterocycles. The molecule has 1 atom stereocenters. The number of hydrogen-bond acceptors (Lipinski definition) is 8. The van der Waals surface area contributed by atoms with Gasteiger partial charge >= 0.3 is 0 Å². The van der Waals surface area contributed by atoms with Gasteiger partial charge in [-0.25, -0.2) is 4.39 Å². The summed E-state index contributed by atoms with van der Waals surface area (Å²) in [5.41, 5.74) is 1.07. The number of H-pyrrole nitrogens is 1. The van der Waals surface area contributed by atoms with E-state index in [-0.39, 0.29) is 34.9 Å². The van der Waals surface area contributed by atoms with Crippen LogP contribution in [0.15, 0.2) is 18.3 Å². The number of nitriles is 1. The summed E-state index contributed by atoms with van der Waals surface area (Å²) >= 11 is 0. The zero-order valence-electron chi connectivity index (χ0n) is 18.9. The third kappa shape index (κ3) is 4.12. The number of aromatic amines is 1. The minimum atomic E-state index is -0.670. The molecule has 11 heteroatoms. The summed E-state index contributed by atoms with van der Waals surface area (Å²) in [6.45, 7) is 3.93. The molecule has 1 fully saturated rings. The summed E-state index contributed by atoms with van der Waals surface area (Å²) in [5.74, 6) is -0.154. The number of carbonyl (C=O) groups is 1. The fourth-order valence-corrected chi connectivity index (χ4v) is 4.06. The smallest absolute Gasteiger partial charge is 0.257 e. The minimum Gasteiger partial charge on any atom is -0.495 e. The number of likely N-dealkylation sites (N-methyl/N-ethyl adjacent to an activating group) is 1. The predicted molar refractivity (Wildman–Crippen MR) is 122 cm³/mol. The van der Waals surface area contributed by atoms with Crippen LogP contribution < -0.4 is 15.4 Å². The second-order valence-electron chi connectivity index (χ2n) is 7.95. The number of methoxy groups -OCH3 is 1. The van der Waals surface area contributed by atoms with E-state index >= 15 is 4.39 Å². The lowest BCUT2D eigenvalue weighted by molar-refractivity contribution is 0.0528. The number of anilines is 3. The maximum Gasteiger partial charge on any atom is 0.257 e. The lowest BCUT2D eigenvalue weighted by atomic mass is 10.1. The summed E-state index contributed by atoms with van der Waals surface area (Å²) in [5, 5.41) is 15.7. The van der Waals surface area contributed by atoms with E-state index in [1.807, 2.05) is 14.0 Å². The van der Waals surface area contributed by atoms with E-state index in [4.69, 9.17) is 4.74 Å². The fraction of sp³-hybridized carbons (Fsp3) is 0.364. The van der Waals surface area contributed by atoms with Gasteiger partial charge in [0.1, 0.15) is 29.1 Å². The Balaban J connectivity index is 1.67. The number of rotatable bonds is 5. The molecule has 0 saturated carbocycles. The molecule has 0 spiro atoms. The molecule has 3 heterocycles.